The largest absolute Gasteiger partial charge is 0.405 e. The van der Waals surface area contributed by atoms with Gasteiger partial charge in [-0.05, 0) is 17.7 Å². The summed E-state index contributed by atoms with van der Waals surface area (Å²) >= 11 is 0. The van der Waals surface area contributed by atoms with Gasteiger partial charge < -0.3 is 10.6 Å². The van der Waals surface area contributed by atoms with E-state index in [-0.39, 0.29) is 6.54 Å². The molecule has 7 heteroatoms. The maximum Gasteiger partial charge on any atom is 0.405 e. The number of hydrogen-bond donors (Lipinski definition) is 2. The van der Waals surface area contributed by atoms with Gasteiger partial charge in [0.15, 0.2) is 0 Å². The first kappa shape index (κ1) is 13.3. The second-order valence-corrected chi connectivity index (χ2v) is 3.28. The average molecular weight is 250 g/mol. The minimum Gasteiger partial charge on any atom is -0.334 e. The number of alkyl halides is 3. The molecule has 0 aliphatic heterocycles. The van der Waals surface area contributed by atoms with Crippen LogP contribution in [0.25, 0.3) is 0 Å². The summed E-state index contributed by atoms with van der Waals surface area (Å²) in [5.41, 5.74) is 0.465. The van der Waals surface area contributed by atoms with Gasteiger partial charge in [-0.25, -0.2) is 9.18 Å². The number of halogens is 4. The second kappa shape index (κ2) is 5.51. The molecule has 94 valence electrons. The molecular weight excluding hydrogens is 240 g/mol. The second-order valence-electron chi connectivity index (χ2n) is 3.28. The van der Waals surface area contributed by atoms with E-state index in [0.29, 0.717) is 5.56 Å². The Hall–Kier alpha value is -1.79. The molecule has 0 spiro atoms. The van der Waals surface area contributed by atoms with Crippen molar-refractivity contribution in [3.63, 3.8) is 0 Å². The smallest absolute Gasteiger partial charge is 0.334 e. The molecule has 0 unspecified atom stereocenters. The van der Waals surface area contributed by atoms with Gasteiger partial charge >= 0.3 is 12.2 Å². The van der Waals surface area contributed by atoms with Gasteiger partial charge in [-0.1, -0.05) is 12.1 Å². The Balaban J connectivity index is 2.33. The lowest BCUT2D eigenvalue weighted by Gasteiger charge is -2.09. The number of urea groups is 1. The molecule has 0 saturated heterocycles. The van der Waals surface area contributed by atoms with Gasteiger partial charge in [0.05, 0.1) is 0 Å². The Morgan fingerprint density at radius 2 is 1.94 bits per heavy atom. The molecule has 1 aromatic carbocycles. The highest BCUT2D eigenvalue weighted by molar-refractivity contribution is 5.73. The summed E-state index contributed by atoms with van der Waals surface area (Å²) in [5.74, 6) is -0.472. The molecule has 0 atom stereocenters. The predicted molar refractivity (Wildman–Crippen MR) is 52.7 cm³/mol. The predicted octanol–water partition coefficient (Wildman–Crippen LogP) is 2.19. The van der Waals surface area contributed by atoms with Crippen LogP contribution in [0.2, 0.25) is 0 Å². The van der Waals surface area contributed by atoms with Crippen LogP contribution in [0.3, 0.4) is 0 Å². The zero-order valence-corrected chi connectivity index (χ0v) is 8.64. The number of carbonyl (C=O) groups excluding carboxylic acids is 1. The third kappa shape index (κ3) is 5.74. The van der Waals surface area contributed by atoms with Crippen molar-refractivity contribution in [2.75, 3.05) is 6.54 Å². The molecule has 0 heterocycles. The van der Waals surface area contributed by atoms with E-state index in [1.165, 1.54) is 18.2 Å². The van der Waals surface area contributed by atoms with E-state index >= 15 is 0 Å². The van der Waals surface area contributed by atoms with Crippen molar-refractivity contribution in [1.82, 2.24) is 10.6 Å². The molecule has 1 rings (SSSR count). The molecule has 3 nitrogen and oxygen atoms in total. The highest BCUT2D eigenvalue weighted by atomic mass is 19.4. The van der Waals surface area contributed by atoms with E-state index in [1.807, 2.05) is 0 Å². The fraction of sp³-hybridized carbons (Fsp3) is 0.300. The van der Waals surface area contributed by atoms with Crippen molar-refractivity contribution in [1.29, 1.82) is 0 Å². The number of amides is 2. The topological polar surface area (TPSA) is 41.1 Å². The number of nitrogens with one attached hydrogen (secondary N) is 2. The Labute approximate surface area is 94.8 Å². The van der Waals surface area contributed by atoms with Crippen LogP contribution in [0.15, 0.2) is 24.3 Å². The highest BCUT2D eigenvalue weighted by Crippen LogP contribution is 2.11. The first-order chi connectivity index (χ1) is 7.87. The Morgan fingerprint density at radius 1 is 1.24 bits per heavy atom. The van der Waals surface area contributed by atoms with Crippen LogP contribution < -0.4 is 10.6 Å². The summed E-state index contributed by atoms with van der Waals surface area (Å²) in [6.45, 7) is -1.44. The number of rotatable bonds is 3. The molecule has 0 fully saturated rings. The Kier molecular flexibility index (Phi) is 4.30. The van der Waals surface area contributed by atoms with Crippen LogP contribution in [0.5, 0.6) is 0 Å². The molecular formula is C10H10F4N2O. The molecule has 0 radical (unpaired) electrons. The molecule has 0 aliphatic carbocycles. The van der Waals surface area contributed by atoms with Crippen molar-refractivity contribution in [3.8, 4) is 0 Å². The fourth-order valence-electron chi connectivity index (χ4n) is 1.07. The monoisotopic (exact) mass is 250 g/mol. The lowest BCUT2D eigenvalue weighted by molar-refractivity contribution is -0.122. The molecule has 0 saturated carbocycles. The average Bonchev–Trinajstić information content (AvgIpc) is 2.23. The number of carbonyl (C=O) groups is 1. The standard InChI is InChI=1S/C10H10F4N2O/c11-8-3-1-2-7(4-8)5-15-9(17)16-6-10(12,13)14/h1-4H,5-6H2,(H2,15,16,17). The summed E-state index contributed by atoms with van der Waals surface area (Å²) < 4.78 is 47.9. The molecule has 2 amide bonds. The van der Waals surface area contributed by atoms with Crippen LogP contribution in [0.1, 0.15) is 5.56 Å². The first-order valence-electron chi connectivity index (χ1n) is 4.70. The maximum absolute atomic E-state index is 12.7. The van der Waals surface area contributed by atoms with Crippen molar-refractivity contribution in [3.05, 3.63) is 35.6 Å². The summed E-state index contributed by atoms with van der Waals surface area (Å²) in [6.07, 6.45) is -4.45. The Morgan fingerprint density at radius 3 is 2.53 bits per heavy atom. The van der Waals surface area contributed by atoms with Gasteiger partial charge in [0.1, 0.15) is 12.4 Å². The van der Waals surface area contributed by atoms with Crippen molar-refractivity contribution < 1.29 is 22.4 Å². The molecule has 17 heavy (non-hydrogen) atoms. The molecule has 0 bridgehead atoms. The Bertz CT molecular complexity index is 392. The third-order valence-electron chi connectivity index (χ3n) is 1.79. The summed E-state index contributed by atoms with van der Waals surface area (Å²) in [4.78, 5) is 10.9. The van der Waals surface area contributed by atoms with Gasteiger partial charge in [-0.15, -0.1) is 0 Å². The normalized spacial score (nSPS) is 11.1. The van der Waals surface area contributed by atoms with E-state index in [1.54, 1.807) is 11.4 Å². The van der Waals surface area contributed by atoms with E-state index in [0.717, 1.165) is 0 Å². The van der Waals surface area contributed by atoms with E-state index in [4.69, 9.17) is 0 Å². The lowest BCUT2D eigenvalue weighted by Crippen LogP contribution is -2.40. The first-order valence-corrected chi connectivity index (χ1v) is 4.70. The zero-order valence-electron chi connectivity index (χ0n) is 8.64. The number of hydrogen-bond acceptors (Lipinski definition) is 1. The summed E-state index contributed by atoms with van der Waals surface area (Å²) in [7, 11) is 0. The van der Waals surface area contributed by atoms with Gasteiger partial charge in [0.25, 0.3) is 0 Å². The van der Waals surface area contributed by atoms with E-state index in [2.05, 4.69) is 5.32 Å². The molecule has 2 N–H and O–H groups in total. The van der Waals surface area contributed by atoms with Gasteiger partial charge in [0, 0.05) is 6.54 Å². The van der Waals surface area contributed by atoms with Crippen LogP contribution in [0.4, 0.5) is 22.4 Å². The van der Waals surface area contributed by atoms with E-state index < -0.39 is 24.6 Å². The SMILES string of the molecule is O=C(NCc1cccc(F)c1)NCC(F)(F)F. The van der Waals surface area contributed by atoms with Gasteiger partial charge in [-0.3, -0.25) is 0 Å². The molecule has 0 aliphatic rings. The van der Waals surface area contributed by atoms with Crippen LogP contribution >= 0.6 is 0 Å². The summed E-state index contributed by atoms with van der Waals surface area (Å²) in [6, 6.07) is 4.45. The minimum atomic E-state index is -4.45. The van der Waals surface area contributed by atoms with Crippen molar-refractivity contribution in [2.24, 2.45) is 0 Å². The van der Waals surface area contributed by atoms with Crippen molar-refractivity contribution in [2.45, 2.75) is 12.7 Å². The van der Waals surface area contributed by atoms with Crippen LogP contribution in [-0.4, -0.2) is 18.8 Å². The zero-order chi connectivity index (χ0) is 12.9. The highest BCUT2D eigenvalue weighted by Gasteiger charge is 2.27. The number of benzene rings is 1. The maximum atomic E-state index is 12.7. The van der Waals surface area contributed by atoms with Crippen LogP contribution in [0, 0.1) is 5.82 Å². The quantitative estimate of drug-likeness (QED) is 0.793. The lowest BCUT2D eigenvalue weighted by atomic mass is 10.2. The third-order valence-corrected chi connectivity index (χ3v) is 1.79. The van der Waals surface area contributed by atoms with Crippen LogP contribution in [-0.2, 0) is 6.54 Å². The summed E-state index contributed by atoms with van der Waals surface area (Å²) in [5, 5.41) is 3.82. The van der Waals surface area contributed by atoms with E-state index in [9.17, 15) is 22.4 Å². The fourth-order valence-corrected chi connectivity index (χ4v) is 1.07. The van der Waals surface area contributed by atoms with Crippen molar-refractivity contribution >= 4 is 6.03 Å². The molecule has 0 aromatic heterocycles. The van der Waals surface area contributed by atoms with Gasteiger partial charge in [-0.2, -0.15) is 13.2 Å². The van der Waals surface area contributed by atoms with Gasteiger partial charge in [0.2, 0.25) is 0 Å². The molecule has 1 aromatic rings. The minimum absolute atomic E-state index is 0.0402.